The van der Waals surface area contributed by atoms with Crippen LogP contribution in [0.2, 0.25) is 0 Å². The van der Waals surface area contributed by atoms with Crippen LogP contribution in [-0.4, -0.2) is 41.0 Å². The molecule has 166 valence electrons. The smallest absolute Gasteiger partial charge is 0.242 e. The summed E-state index contributed by atoms with van der Waals surface area (Å²) in [4.78, 5) is 31.1. The van der Waals surface area contributed by atoms with Crippen LogP contribution in [0, 0.1) is 12.8 Å². The number of thiophene rings is 1. The molecule has 0 atom stereocenters. The van der Waals surface area contributed by atoms with Crippen LogP contribution in [0.1, 0.15) is 49.1 Å². The first-order valence-electron chi connectivity index (χ1n) is 10.9. The van der Waals surface area contributed by atoms with Crippen molar-refractivity contribution in [2.45, 2.75) is 59.2 Å². The van der Waals surface area contributed by atoms with E-state index in [9.17, 15) is 9.59 Å². The molecule has 2 aliphatic rings. The van der Waals surface area contributed by atoms with Crippen LogP contribution in [0.3, 0.4) is 0 Å². The largest absolute Gasteiger partial charge is 0.454 e. The van der Waals surface area contributed by atoms with Crippen LogP contribution in [0.25, 0.3) is 0 Å². The number of ether oxygens (including phenoxy) is 2. The number of carbonyl (C=O) groups excluding carboxylic acids is 2. The molecule has 4 rings (SSSR count). The number of fused-ring (bicyclic) bond motifs is 1. The van der Waals surface area contributed by atoms with Crippen molar-refractivity contribution in [3.63, 3.8) is 0 Å². The Bertz CT molecular complexity index is 951. The van der Waals surface area contributed by atoms with Gasteiger partial charge in [-0.2, -0.15) is 0 Å². The molecule has 2 amide bonds. The lowest BCUT2D eigenvalue weighted by Crippen LogP contribution is -2.48. The van der Waals surface area contributed by atoms with Crippen molar-refractivity contribution in [1.29, 1.82) is 0 Å². The Balaban J connectivity index is 1.53. The van der Waals surface area contributed by atoms with E-state index in [-0.39, 0.29) is 37.1 Å². The second-order valence-corrected chi connectivity index (χ2v) is 9.65. The summed E-state index contributed by atoms with van der Waals surface area (Å²) in [6.07, 6.45) is 2.97. The van der Waals surface area contributed by atoms with Gasteiger partial charge >= 0.3 is 0 Å². The number of aryl methyl sites for hydroxylation is 1. The summed E-state index contributed by atoms with van der Waals surface area (Å²) in [6, 6.07) is 7.85. The summed E-state index contributed by atoms with van der Waals surface area (Å²) in [5.41, 5.74) is 2.16. The fraction of sp³-hybridized carbons (Fsp3) is 0.500. The van der Waals surface area contributed by atoms with Crippen molar-refractivity contribution in [2.24, 2.45) is 5.92 Å². The normalized spacial score (nSPS) is 15.1. The zero-order chi connectivity index (χ0) is 22.0. The van der Waals surface area contributed by atoms with Crippen LogP contribution in [0.15, 0.2) is 29.6 Å². The quantitative estimate of drug-likeness (QED) is 0.610. The molecule has 6 nitrogen and oxygen atoms in total. The number of nitrogens with zero attached hydrogens (tertiary/aromatic N) is 2. The molecule has 7 heteroatoms. The van der Waals surface area contributed by atoms with Gasteiger partial charge in [0, 0.05) is 23.4 Å². The molecular formula is C24H30N2O4S. The zero-order valence-electron chi connectivity index (χ0n) is 18.4. The van der Waals surface area contributed by atoms with Crippen LogP contribution in [0.4, 0.5) is 0 Å². The van der Waals surface area contributed by atoms with Gasteiger partial charge in [0.1, 0.15) is 6.54 Å². The van der Waals surface area contributed by atoms with E-state index in [2.05, 4.69) is 18.4 Å². The Morgan fingerprint density at radius 3 is 2.55 bits per heavy atom. The van der Waals surface area contributed by atoms with Gasteiger partial charge in [-0.15, -0.1) is 11.3 Å². The minimum atomic E-state index is -0.0353. The van der Waals surface area contributed by atoms with Gasteiger partial charge in [0.25, 0.3) is 0 Å². The van der Waals surface area contributed by atoms with Gasteiger partial charge < -0.3 is 19.3 Å². The first-order valence-corrected chi connectivity index (χ1v) is 11.8. The molecule has 2 heterocycles. The highest BCUT2D eigenvalue weighted by Crippen LogP contribution is 2.33. The topological polar surface area (TPSA) is 59.1 Å². The lowest BCUT2D eigenvalue weighted by Gasteiger charge is -2.35. The number of rotatable bonds is 8. The van der Waals surface area contributed by atoms with Crippen LogP contribution in [0.5, 0.6) is 11.5 Å². The number of carbonyl (C=O) groups is 2. The van der Waals surface area contributed by atoms with Gasteiger partial charge in [0.2, 0.25) is 18.6 Å². The van der Waals surface area contributed by atoms with Crippen LogP contribution in [-0.2, 0) is 22.7 Å². The predicted molar refractivity (Wildman–Crippen MR) is 120 cm³/mol. The van der Waals surface area contributed by atoms with Crippen molar-refractivity contribution < 1.29 is 19.1 Å². The molecular weight excluding hydrogens is 412 g/mol. The molecule has 0 bridgehead atoms. The molecule has 0 saturated heterocycles. The van der Waals surface area contributed by atoms with Gasteiger partial charge in [-0.05, 0) is 68.3 Å². The molecule has 1 aromatic heterocycles. The number of benzene rings is 1. The summed E-state index contributed by atoms with van der Waals surface area (Å²) < 4.78 is 10.9. The maximum absolute atomic E-state index is 13.4. The van der Waals surface area contributed by atoms with Crippen molar-refractivity contribution in [2.75, 3.05) is 13.3 Å². The Kier molecular flexibility index (Phi) is 6.51. The second kappa shape index (κ2) is 9.30. The van der Waals surface area contributed by atoms with Crippen molar-refractivity contribution in [3.05, 3.63) is 45.6 Å². The minimum absolute atomic E-state index is 0.00656. The summed E-state index contributed by atoms with van der Waals surface area (Å²) in [5.74, 6) is 1.60. The van der Waals surface area contributed by atoms with Gasteiger partial charge in [-0.1, -0.05) is 12.5 Å². The first-order chi connectivity index (χ1) is 14.9. The SMILES string of the molecule is Cc1ccsc1CN(Cc1ccc2c(c1)OCO2)C(=O)CN(C(=O)C1CCC1)C(C)C. The van der Waals surface area contributed by atoms with E-state index in [1.54, 1.807) is 16.2 Å². The number of hydrogen-bond donors (Lipinski definition) is 0. The van der Waals surface area contributed by atoms with Gasteiger partial charge in [-0.25, -0.2) is 0 Å². The number of hydrogen-bond acceptors (Lipinski definition) is 5. The molecule has 31 heavy (non-hydrogen) atoms. The molecule has 0 spiro atoms. The standard InChI is InChI=1S/C24H30N2O4S/c1-16(2)26(24(28)19-5-4-6-19)14-23(27)25(13-22-17(3)9-10-31-22)12-18-7-8-20-21(11-18)30-15-29-20/h7-11,16,19H,4-6,12-15H2,1-3H3. The summed E-state index contributed by atoms with van der Waals surface area (Å²) in [5, 5.41) is 2.05. The van der Waals surface area contributed by atoms with Crippen molar-refractivity contribution in [1.82, 2.24) is 9.80 Å². The Morgan fingerprint density at radius 2 is 1.90 bits per heavy atom. The lowest BCUT2D eigenvalue weighted by molar-refractivity contribution is -0.146. The minimum Gasteiger partial charge on any atom is -0.454 e. The third-order valence-electron chi connectivity index (χ3n) is 6.13. The second-order valence-electron chi connectivity index (χ2n) is 8.65. The van der Waals surface area contributed by atoms with E-state index in [0.717, 1.165) is 35.5 Å². The van der Waals surface area contributed by atoms with Gasteiger partial charge in [-0.3, -0.25) is 9.59 Å². The fourth-order valence-corrected chi connectivity index (χ4v) is 4.80. The van der Waals surface area contributed by atoms with Gasteiger partial charge in [0.15, 0.2) is 11.5 Å². The average molecular weight is 443 g/mol. The highest BCUT2D eigenvalue weighted by molar-refractivity contribution is 7.10. The Hall–Kier alpha value is -2.54. The molecule has 1 fully saturated rings. The van der Waals surface area contributed by atoms with Crippen molar-refractivity contribution in [3.8, 4) is 11.5 Å². The first kappa shape index (κ1) is 21.7. The average Bonchev–Trinajstić information content (AvgIpc) is 3.32. The van der Waals surface area contributed by atoms with Crippen LogP contribution >= 0.6 is 11.3 Å². The molecule has 0 radical (unpaired) electrons. The van der Waals surface area contributed by atoms with Crippen LogP contribution < -0.4 is 9.47 Å². The fourth-order valence-electron chi connectivity index (χ4n) is 3.88. The maximum atomic E-state index is 13.4. The van der Waals surface area contributed by atoms with E-state index >= 15 is 0 Å². The molecule has 1 aromatic carbocycles. The monoisotopic (exact) mass is 442 g/mol. The third-order valence-corrected chi connectivity index (χ3v) is 7.14. The summed E-state index contributed by atoms with van der Waals surface area (Å²) >= 11 is 1.66. The summed E-state index contributed by atoms with van der Waals surface area (Å²) in [6.45, 7) is 7.35. The zero-order valence-corrected chi connectivity index (χ0v) is 19.2. The number of amides is 2. The highest BCUT2D eigenvalue weighted by atomic mass is 32.1. The Labute approximate surface area is 187 Å². The summed E-state index contributed by atoms with van der Waals surface area (Å²) in [7, 11) is 0. The third kappa shape index (κ3) is 4.87. The van der Waals surface area contributed by atoms with E-state index < -0.39 is 0 Å². The van der Waals surface area contributed by atoms with E-state index in [0.29, 0.717) is 18.8 Å². The van der Waals surface area contributed by atoms with E-state index in [4.69, 9.17) is 9.47 Å². The molecule has 2 aromatic rings. The van der Waals surface area contributed by atoms with Gasteiger partial charge in [0.05, 0.1) is 6.54 Å². The molecule has 1 aliphatic heterocycles. The molecule has 0 N–H and O–H groups in total. The molecule has 1 aliphatic carbocycles. The Morgan fingerprint density at radius 1 is 1.13 bits per heavy atom. The maximum Gasteiger partial charge on any atom is 0.242 e. The molecule has 0 unspecified atom stereocenters. The van der Waals surface area contributed by atoms with E-state index in [1.165, 1.54) is 5.56 Å². The lowest BCUT2D eigenvalue weighted by atomic mass is 9.84. The van der Waals surface area contributed by atoms with Crippen molar-refractivity contribution >= 4 is 23.2 Å². The highest BCUT2D eigenvalue weighted by Gasteiger charge is 2.32. The van der Waals surface area contributed by atoms with E-state index in [1.807, 2.05) is 36.9 Å². The molecule has 1 saturated carbocycles. The predicted octanol–water partition coefficient (Wildman–Crippen LogP) is 4.35.